The lowest BCUT2D eigenvalue weighted by atomic mass is 10.1. The molecule has 4 rings (SSSR count). The largest absolute Gasteiger partial charge is 0.398 e. The minimum absolute atomic E-state index is 0.0693. The van der Waals surface area contributed by atoms with E-state index in [1.807, 2.05) is 41.3 Å². The summed E-state index contributed by atoms with van der Waals surface area (Å²) in [5, 5.41) is 6.25. The molecule has 25 heavy (non-hydrogen) atoms. The van der Waals surface area contributed by atoms with Crippen LogP contribution in [0.25, 0.3) is 11.0 Å². The van der Waals surface area contributed by atoms with Gasteiger partial charge in [0.1, 0.15) is 0 Å². The summed E-state index contributed by atoms with van der Waals surface area (Å²) >= 11 is 0. The Morgan fingerprint density at radius 1 is 1.16 bits per heavy atom. The van der Waals surface area contributed by atoms with E-state index in [4.69, 9.17) is 11.1 Å². The second-order valence-electron chi connectivity index (χ2n) is 6.32. The molecule has 1 saturated heterocycles. The number of nitrogens with one attached hydrogen (secondary N) is 1. The average molecular weight is 334 g/mol. The summed E-state index contributed by atoms with van der Waals surface area (Å²) in [6.07, 6.45) is 2.15. The van der Waals surface area contributed by atoms with Gasteiger partial charge in [0.15, 0.2) is 0 Å². The quantitative estimate of drug-likeness (QED) is 0.491. The Bertz CT molecular complexity index is 969. The molecule has 0 unspecified atom stereocenters. The van der Waals surface area contributed by atoms with Crippen LogP contribution in [0.1, 0.15) is 34.6 Å². The summed E-state index contributed by atoms with van der Waals surface area (Å²) in [4.78, 5) is 22.2. The number of H-pyrrole nitrogens is 1. The van der Waals surface area contributed by atoms with Gasteiger partial charge in [-0.15, -0.1) is 0 Å². The molecular weight excluding hydrogens is 314 g/mol. The van der Waals surface area contributed by atoms with Crippen LogP contribution in [0.2, 0.25) is 0 Å². The number of para-hydroxylation sites is 1. The van der Waals surface area contributed by atoms with E-state index in [0.717, 1.165) is 42.5 Å². The third-order valence-corrected chi connectivity index (χ3v) is 4.63. The van der Waals surface area contributed by atoms with Gasteiger partial charge in [-0.1, -0.05) is 12.1 Å². The van der Waals surface area contributed by atoms with Crippen LogP contribution in [0.5, 0.6) is 0 Å². The molecular formula is C19H20N5O+. The van der Waals surface area contributed by atoms with E-state index in [-0.39, 0.29) is 5.91 Å². The van der Waals surface area contributed by atoms with Crippen molar-refractivity contribution in [3.05, 3.63) is 59.4 Å². The minimum Gasteiger partial charge on any atom is -0.398 e. The van der Waals surface area contributed by atoms with E-state index in [2.05, 4.69) is 9.97 Å². The van der Waals surface area contributed by atoms with Crippen molar-refractivity contribution in [1.82, 2.24) is 14.9 Å². The van der Waals surface area contributed by atoms with Crippen LogP contribution in [0.4, 0.5) is 5.69 Å². The predicted molar refractivity (Wildman–Crippen MR) is 97.2 cm³/mol. The molecule has 3 aromatic rings. The molecule has 1 aromatic heterocycles. The highest BCUT2D eigenvalue weighted by atomic mass is 16.2. The maximum atomic E-state index is 12.5. The first-order chi connectivity index (χ1) is 12.1. The van der Waals surface area contributed by atoms with Crippen molar-refractivity contribution in [2.24, 2.45) is 0 Å². The molecule has 0 spiro atoms. The number of nitrogens with two attached hydrogens (primary N) is 2. The molecule has 0 aliphatic carbocycles. The zero-order chi connectivity index (χ0) is 17.4. The van der Waals surface area contributed by atoms with Crippen molar-refractivity contribution in [2.45, 2.75) is 12.8 Å². The standard InChI is InChI=1S/C19H19N5O/c20-14-6-2-1-5-13(14)17(21)18-22-15-8-7-12(11-16(15)23-18)19(25)24-9-3-4-10-24/h1-2,5-8,11,21H,3-4,9-10,20H2,(H,22,23)/p+1. The second-order valence-corrected chi connectivity index (χ2v) is 6.32. The lowest BCUT2D eigenvalue weighted by Gasteiger charge is -2.14. The summed E-state index contributed by atoms with van der Waals surface area (Å²) in [5.41, 5.74) is 10.1. The van der Waals surface area contributed by atoms with Gasteiger partial charge in [-0.05, 0) is 43.2 Å². The van der Waals surface area contributed by atoms with Crippen molar-refractivity contribution < 1.29 is 10.2 Å². The number of rotatable bonds is 3. The maximum Gasteiger partial charge on any atom is 0.253 e. The first kappa shape index (κ1) is 15.4. The fourth-order valence-corrected chi connectivity index (χ4v) is 3.24. The number of hydrogen-bond donors (Lipinski definition) is 3. The lowest BCUT2D eigenvalue weighted by Crippen LogP contribution is -2.42. The number of likely N-dealkylation sites (tertiary alicyclic amines) is 1. The van der Waals surface area contributed by atoms with Crippen LogP contribution in [-0.4, -0.2) is 39.6 Å². The van der Waals surface area contributed by atoms with Gasteiger partial charge < -0.3 is 15.6 Å². The Balaban J connectivity index is 1.67. The number of carbonyl (C=O) groups is 1. The first-order valence-electron chi connectivity index (χ1n) is 8.40. The summed E-state index contributed by atoms with van der Waals surface area (Å²) in [6.45, 7) is 1.66. The van der Waals surface area contributed by atoms with Crippen molar-refractivity contribution in [3.63, 3.8) is 0 Å². The van der Waals surface area contributed by atoms with Crippen molar-refractivity contribution >= 4 is 28.3 Å². The molecule has 126 valence electrons. The molecule has 6 heteroatoms. The Morgan fingerprint density at radius 3 is 2.68 bits per heavy atom. The van der Waals surface area contributed by atoms with Crippen molar-refractivity contribution in [1.29, 1.82) is 0 Å². The number of fused-ring (bicyclic) bond motifs is 1. The molecule has 0 atom stereocenters. The number of nitrogen functional groups attached to an aromatic ring is 1. The van der Waals surface area contributed by atoms with Gasteiger partial charge in [0.2, 0.25) is 11.5 Å². The van der Waals surface area contributed by atoms with Gasteiger partial charge >= 0.3 is 0 Å². The van der Waals surface area contributed by atoms with Gasteiger partial charge in [0.25, 0.3) is 5.91 Å². The van der Waals surface area contributed by atoms with Crippen LogP contribution >= 0.6 is 0 Å². The number of hydrogen-bond acceptors (Lipinski definition) is 3. The topological polar surface area (TPSA) is 101 Å². The van der Waals surface area contributed by atoms with Crippen LogP contribution in [0.15, 0.2) is 42.5 Å². The van der Waals surface area contributed by atoms with E-state index >= 15 is 0 Å². The summed E-state index contributed by atoms with van der Waals surface area (Å²) in [6, 6.07) is 12.9. The molecule has 1 aliphatic heterocycles. The molecule has 2 aromatic carbocycles. The molecule has 2 heterocycles. The Kier molecular flexibility index (Phi) is 3.72. The molecule has 1 amide bonds. The Labute approximate surface area is 145 Å². The van der Waals surface area contributed by atoms with Gasteiger partial charge in [-0.25, -0.2) is 4.98 Å². The highest BCUT2D eigenvalue weighted by Gasteiger charge is 2.21. The normalized spacial score (nSPS) is 14.2. The maximum absolute atomic E-state index is 12.5. The number of aromatic nitrogens is 2. The van der Waals surface area contributed by atoms with Crippen molar-refractivity contribution in [2.75, 3.05) is 18.8 Å². The highest BCUT2D eigenvalue weighted by molar-refractivity contribution is 6.11. The predicted octanol–water partition coefficient (Wildman–Crippen LogP) is 0.978. The second kappa shape index (κ2) is 6.05. The minimum atomic E-state index is 0.0693. The summed E-state index contributed by atoms with van der Waals surface area (Å²) < 4.78 is 0. The monoisotopic (exact) mass is 334 g/mol. The Morgan fingerprint density at radius 2 is 1.92 bits per heavy atom. The summed E-state index contributed by atoms with van der Waals surface area (Å²) in [5.74, 6) is 0.624. The number of nitrogens with zero attached hydrogens (tertiary/aromatic N) is 2. The number of aromatic amines is 1. The van der Waals surface area contributed by atoms with Crippen LogP contribution < -0.4 is 11.1 Å². The number of benzene rings is 2. The smallest absolute Gasteiger partial charge is 0.253 e. The summed E-state index contributed by atoms with van der Waals surface area (Å²) in [7, 11) is 0. The molecule has 1 aliphatic rings. The zero-order valence-corrected chi connectivity index (χ0v) is 13.8. The number of amides is 1. The molecule has 0 radical (unpaired) electrons. The molecule has 0 bridgehead atoms. The SMILES string of the molecule is Nc1ccccc1C(=[NH2+])c1nc2ccc(C(=O)N3CCCC3)cc2[nH]1. The third-order valence-electron chi connectivity index (χ3n) is 4.63. The first-order valence-corrected chi connectivity index (χ1v) is 8.40. The highest BCUT2D eigenvalue weighted by Crippen LogP contribution is 2.19. The number of anilines is 1. The molecule has 6 nitrogen and oxygen atoms in total. The fourth-order valence-electron chi connectivity index (χ4n) is 3.24. The number of carbonyl (C=O) groups excluding carboxylic acids is 1. The van der Waals surface area contributed by atoms with Gasteiger partial charge in [-0.3, -0.25) is 10.2 Å². The number of imidazole rings is 1. The van der Waals surface area contributed by atoms with E-state index in [9.17, 15) is 4.79 Å². The van der Waals surface area contributed by atoms with E-state index in [1.165, 1.54) is 0 Å². The van der Waals surface area contributed by atoms with Gasteiger partial charge in [0.05, 0.1) is 16.6 Å². The zero-order valence-electron chi connectivity index (χ0n) is 13.8. The lowest BCUT2D eigenvalue weighted by molar-refractivity contribution is -0.112. The Hall–Kier alpha value is -3.15. The third kappa shape index (κ3) is 2.76. The van der Waals surface area contributed by atoms with Crippen LogP contribution in [0, 0.1) is 0 Å². The van der Waals surface area contributed by atoms with Gasteiger partial charge in [0, 0.05) is 24.3 Å². The van der Waals surface area contributed by atoms with Crippen molar-refractivity contribution in [3.8, 4) is 0 Å². The van der Waals surface area contributed by atoms with E-state index < -0.39 is 0 Å². The van der Waals surface area contributed by atoms with Crippen LogP contribution in [-0.2, 0) is 0 Å². The molecule has 0 saturated carbocycles. The molecule has 5 N–H and O–H groups in total. The fraction of sp³-hybridized carbons (Fsp3) is 0.211. The average Bonchev–Trinajstić information content (AvgIpc) is 3.30. The van der Waals surface area contributed by atoms with E-state index in [1.54, 1.807) is 6.07 Å². The van der Waals surface area contributed by atoms with E-state index in [0.29, 0.717) is 22.8 Å². The van der Waals surface area contributed by atoms with Crippen LogP contribution in [0.3, 0.4) is 0 Å². The molecule has 1 fully saturated rings. The van der Waals surface area contributed by atoms with Gasteiger partial charge in [-0.2, -0.15) is 0 Å².